The molecule has 0 aliphatic heterocycles. The van der Waals surface area contributed by atoms with Crippen molar-refractivity contribution in [1.29, 1.82) is 0 Å². The first-order valence-electron chi connectivity index (χ1n) is 9.46. The molecular weight excluding hydrogens is 372 g/mol. The largest absolute Gasteiger partial charge is 0.497 e. The van der Waals surface area contributed by atoms with Crippen LogP contribution in [0, 0.1) is 5.92 Å². The topological polar surface area (TPSA) is 130 Å². The highest BCUT2D eigenvalue weighted by atomic mass is 16.5. The number of primary amides is 1. The Morgan fingerprint density at radius 3 is 2.86 bits per heavy atom. The second-order valence-electron chi connectivity index (χ2n) is 7.15. The summed E-state index contributed by atoms with van der Waals surface area (Å²) in [5, 5.41) is 4.50. The number of rotatable bonds is 10. The number of hydrogen-bond donors (Lipinski definition) is 3. The number of nitrogens with one attached hydrogen (secondary N) is 1. The summed E-state index contributed by atoms with van der Waals surface area (Å²) in [6.45, 7) is 3.89. The van der Waals surface area contributed by atoms with E-state index in [1.807, 2.05) is 24.3 Å². The third-order valence-corrected chi connectivity index (χ3v) is 5.27. The molecule has 1 fully saturated rings. The quantitative estimate of drug-likeness (QED) is 0.517. The minimum Gasteiger partial charge on any atom is -0.497 e. The average Bonchev–Trinajstić information content (AvgIpc) is 3.45. The summed E-state index contributed by atoms with van der Waals surface area (Å²) in [5.74, 6) is 0.248. The highest BCUT2D eigenvalue weighted by Crippen LogP contribution is 2.44. The Bertz CT molecular complexity index is 932. The van der Waals surface area contributed by atoms with Crippen molar-refractivity contribution in [3.8, 4) is 11.6 Å². The molecule has 3 rings (SSSR count). The molecule has 8 nitrogen and oxygen atoms in total. The van der Waals surface area contributed by atoms with Crippen LogP contribution in [0.1, 0.15) is 19.3 Å². The van der Waals surface area contributed by atoms with Gasteiger partial charge in [-0.05, 0) is 42.5 Å². The Kier molecular flexibility index (Phi) is 6.03. The van der Waals surface area contributed by atoms with E-state index >= 15 is 0 Å². The molecule has 2 amide bonds. The Hall–Kier alpha value is -3.13. The summed E-state index contributed by atoms with van der Waals surface area (Å²) in [6.07, 6.45) is 3.90. The van der Waals surface area contributed by atoms with Crippen molar-refractivity contribution < 1.29 is 19.1 Å². The van der Waals surface area contributed by atoms with Crippen molar-refractivity contribution >= 4 is 22.6 Å². The molecule has 0 bridgehead atoms. The van der Waals surface area contributed by atoms with Crippen molar-refractivity contribution in [2.24, 2.45) is 17.4 Å². The van der Waals surface area contributed by atoms with Gasteiger partial charge in [-0.3, -0.25) is 9.59 Å². The predicted molar refractivity (Wildman–Crippen MR) is 109 cm³/mol. The number of nitrogens with two attached hydrogens (primary N) is 2. The van der Waals surface area contributed by atoms with Gasteiger partial charge in [-0.15, -0.1) is 6.58 Å². The molecule has 0 spiro atoms. The Morgan fingerprint density at radius 2 is 2.24 bits per heavy atom. The van der Waals surface area contributed by atoms with Crippen LogP contribution in [0.25, 0.3) is 10.8 Å². The van der Waals surface area contributed by atoms with Gasteiger partial charge >= 0.3 is 0 Å². The van der Waals surface area contributed by atoms with Gasteiger partial charge in [-0.2, -0.15) is 0 Å². The van der Waals surface area contributed by atoms with E-state index in [0.717, 1.165) is 16.5 Å². The SMILES string of the molecule is C=C[C@@H]1C[C@]1(NC(=O)CC[C@H](CN)Oc1nccc2cc(OC)ccc12)C(N)=O. The van der Waals surface area contributed by atoms with E-state index in [2.05, 4.69) is 16.9 Å². The summed E-state index contributed by atoms with van der Waals surface area (Å²) < 4.78 is 11.2. The first-order valence-corrected chi connectivity index (χ1v) is 9.46. The van der Waals surface area contributed by atoms with Crippen LogP contribution in [-0.2, 0) is 9.59 Å². The minimum absolute atomic E-state index is 0.123. The second-order valence-corrected chi connectivity index (χ2v) is 7.15. The fraction of sp³-hybridized carbons (Fsp3) is 0.381. The van der Waals surface area contributed by atoms with Gasteiger partial charge in [0.1, 0.15) is 17.4 Å². The molecule has 1 heterocycles. The summed E-state index contributed by atoms with van der Waals surface area (Å²) in [4.78, 5) is 28.3. The lowest BCUT2D eigenvalue weighted by atomic mass is 10.1. The van der Waals surface area contributed by atoms with Crippen LogP contribution < -0.4 is 26.3 Å². The normalized spacial score (nSPS) is 21.2. The third kappa shape index (κ3) is 4.32. The second kappa shape index (κ2) is 8.48. The zero-order chi connectivity index (χ0) is 21.0. The van der Waals surface area contributed by atoms with Gasteiger partial charge in [0.15, 0.2) is 0 Å². The lowest BCUT2D eigenvalue weighted by Crippen LogP contribution is -2.48. The van der Waals surface area contributed by atoms with E-state index in [1.54, 1.807) is 19.4 Å². The number of hydrogen-bond acceptors (Lipinski definition) is 6. The molecule has 3 atom stereocenters. The fourth-order valence-corrected chi connectivity index (χ4v) is 3.40. The van der Waals surface area contributed by atoms with Crippen LogP contribution in [0.4, 0.5) is 0 Å². The van der Waals surface area contributed by atoms with Crippen LogP contribution >= 0.6 is 0 Å². The van der Waals surface area contributed by atoms with E-state index < -0.39 is 17.6 Å². The molecule has 2 aromatic rings. The van der Waals surface area contributed by atoms with Gasteiger partial charge < -0.3 is 26.3 Å². The number of amides is 2. The van der Waals surface area contributed by atoms with Crippen molar-refractivity contribution in [1.82, 2.24) is 10.3 Å². The number of fused-ring (bicyclic) bond motifs is 1. The zero-order valence-electron chi connectivity index (χ0n) is 16.4. The van der Waals surface area contributed by atoms with Gasteiger partial charge in [-0.25, -0.2) is 4.98 Å². The molecule has 1 aliphatic rings. The van der Waals surface area contributed by atoms with Crippen molar-refractivity contribution in [3.63, 3.8) is 0 Å². The van der Waals surface area contributed by atoms with E-state index in [0.29, 0.717) is 18.7 Å². The molecule has 1 aromatic heterocycles. The number of carbonyl (C=O) groups excluding carboxylic acids is 2. The van der Waals surface area contributed by atoms with Crippen LogP contribution in [-0.4, -0.2) is 42.1 Å². The van der Waals surface area contributed by atoms with E-state index in [-0.39, 0.29) is 24.8 Å². The number of benzene rings is 1. The maximum absolute atomic E-state index is 12.3. The summed E-state index contributed by atoms with van der Waals surface area (Å²) in [6, 6.07) is 7.46. The average molecular weight is 398 g/mol. The molecule has 1 aromatic carbocycles. The number of pyridine rings is 1. The minimum atomic E-state index is -1.01. The molecule has 154 valence electrons. The maximum Gasteiger partial charge on any atom is 0.243 e. The zero-order valence-corrected chi connectivity index (χ0v) is 16.4. The maximum atomic E-state index is 12.3. The third-order valence-electron chi connectivity index (χ3n) is 5.27. The molecule has 5 N–H and O–H groups in total. The Balaban J connectivity index is 1.63. The first-order chi connectivity index (χ1) is 13.9. The van der Waals surface area contributed by atoms with E-state index in [9.17, 15) is 9.59 Å². The predicted octanol–water partition coefficient (Wildman–Crippen LogP) is 1.28. The van der Waals surface area contributed by atoms with E-state index in [4.69, 9.17) is 20.9 Å². The van der Waals surface area contributed by atoms with Gasteiger partial charge in [-0.1, -0.05) is 6.08 Å². The Labute approximate surface area is 169 Å². The van der Waals surface area contributed by atoms with E-state index in [1.165, 1.54) is 0 Å². The lowest BCUT2D eigenvalue weighted by Gasteiger charge is -2.19. The highest BCUT2D eigenvalue weighted by molar-refractivity contribution is 5.94. The number of nitrogens with zero attached hydrogens (tertiary/aromatic N) is 1. The molecule has 0 saturated heterocycles. The number of aromatic nitrogens is 1. The van der Waals surface area contributed by atoms with Gasteiger partial charge in [0, 0.05) is 30.5 Å². The fourth-order valence-electron chi connectivity index (χ4n) is 3.40. The summed E-state index contributed by atoms with van der Waals surface area (Å²) in [5.41, 5.74) is 10.3. The van der Waals surface area contributed by atoms with Crippen molar-refractivity contribution in [2.75, 3.05) is 13.7 Å². The number of ether oxygens (including phenoxy) is 2. The molecule has 1 aliphatic carbocycles. The number of methoxy groups -OCH3 is 1. The summed E-state index contributed by atoms with van der Waals surface area (Å²) in [7, 11) is 1.61. The monoisotopic (exact) mass is 398 g/mol. The van der Waals surface area contributed by atoms with Gasteiger partial charge in [0.2, 0.25) is 17.7 Å². The van der Waals surface area contributed by atoms with Gasteiger partial charge in [0.05, 0.1) is 7.11 Å². The standard InChI is InChI=1S/C21H26N4O4/c1-3-14-11-21(14,20(23)27)25-18(26)7-5-16(12-22)29-19-17-6-4-15(28-2)10-13(17)8-9-24-19/h3-4,6,8-10,14,16H,1,5,7,11-12,22H2,2H3,(H2,23,27)(H,25,26)/t14-,16-,21-/m1/s1. The van der Waals surface area contributed by atoms with Crippen LogP contribution in [0.3, 0.4) is 0 Å². The van der Waals surface area contributed by atoms with Crippen LogP contribution in [0.15, 0.2) is 43.1 Å². The molecule has 1 saturated carbocycles. The molecule has 8 heteroatoms. The highest BCUT2D eigenvalue weighted by Gasteiger charge is 2.58. The van der Waals surface area contributed by atoms with Crippen LogP contribution in [0.2, 0.25) is 0 Å². The van der Waals surface area contributed by atoms with Crippen molar-refractivity contribution in [2.45, 2.75) is 30.9 Å². The molecular formula is C21H26N4O4. The van der Waals surface area contributed by atoms with Crippen LogP contribution in [0.5, 0.6) is 11.6 Å². The Morgan fingerprint density at radius 1 is 1.45 bits per heavy atom. The summed E-state index contributed by atoms with van der Waals surface area (Å²) >= 11 is 0. The first kappa shape index (κ1) is 20.6. The lowest BCUT2D eigenvalue weighted by molar-refractivity contribution is -0.128. The van der Waals surface area contributed by atoms with Crippen molar-refractivity contribution in [3.05, 3.63) is 43.1 Å². The number of carbonyl (C=O) groups is 2. The smallest absolute Gasteiger partial charge is 0.243 e. The van der Waals surface area contributed by atoms with Gasteiger partial charge in [0.25, 0.3) is 0 Å². The molecule has 0 radical (unpaired) electrons. The molecule has 0 unspecified atom stereocenters. The molecule has 29 heavy (non-hydrogen) atoms.